The highest BCUT2D eigenvalue weighted by atomic mass is 16.6. The normalized spacial score (nSPS) is 18.9. The van der Waals surface area contributed by atoms with Crippen molar-refractivity contribution in [1.29, 1.82) is 0 Å². The molecule has 5 heteroatoms. The van der Waals surface area contributed by atoms with E-state index in [9.17, 15) is 4.79 Å². The van der Waals surface area contributed by atoms with E-state index in [-0.39, 0.29) is 18.2 Å². The lowest BCUT2D eigenvalue weighted by Gasteiger charge is -2.29. The molecule has 1 heterocycles. The first kappa shape index (κ1) is 17.8. The smallest absolute Gasteiger partial charge is 0.407 e. The van der Waals surface area contributed by atoms with Gasteiger partial charge in [-0.3, -0.25) is 0 Å². The summed E-state index contributed by atoms with van der Waals surface area (Å²) in [5.74, 6) is 0. The van der Waals surface area contributed by atoms with Gasteiger partial charge in [0, 0.05) is 12.6 Å². The number of rotatable bonds is 5. The van der Waals surface area contributed by atoms with Crippen LogP contribution in [0.5, 0.6) is 0 Å². The zero-order chi connectivity index (χ0) is 16.9. The summed E-state index contributed by atoms with van der Waals surface area (Å²) >= 11 is 0. The highest BCUT2D eigenvalue weighted by Gasteiger charge is 2.22. The maximum absolute atomic E-state index is 11.9. The van der Waals surface area contributed by atoms with E-state index < -0.39 is 5.60 Å². The number of ether oxygens (including phenoxy) is 2. The van der Waals surface area contributed by atoms with Crippen LogP contribution in [0.1, 0.15) is 51.3 Å². The third-order valence-electron chi connectivity index (χ3n) is 3.80. The molecule has 2 rings (SSSR count). The van der Waals surface area contributed by atoms with Gasteiger partial charge < -0.3 is 20.1 Å². The predicted octanol–water partition coefficient (Wildman–Crippen LogP) is 3.15. The summed E-state index contributed by atoms with van der Waals surface area (Å²) in [6.07, 6.45) is 0.466. The van der Waals surface area contributed by atoms with E-state index >= 15 is 0 Å². The maximum Gasteiger partial charge on any atom is 0.407 e. The second-order valence-electron chi connectivity index (χ2n) is 6.93. The SMILES string of the molecule is CCC(CNC1COCc2ccccc21)NC(=O)OC(C)(C)C. The van der Waals surface area contributed by atoms with E-state index in [1.165, 1.54) is 11.1 Å². The number of amides is 1. The van der Waals surface area contributed by atoms with Gasteiger partial charge in [-0.1, -0.05) is 31.2 Å². The van der Waals surface area contributed by atoms with Gasteiger partial charge in [-0.15, -0.1) is 0 Å². The van der Waals surface area contributed by atoms with Crippen molar-refractivity contribution >= 4 is 6.09 Å². The minimum atomic E-state index is -0.480. The van der Waals surface area contributed by atoms with Crippen molar-refractivity contribution in [3.63, 3.8) is 0 Å². The number of carbonyl (C=O) groups is 1. The van der Waals surface area contributed by atoms with Gasteiger partial charge in [-0.05, 0) is 38.3 Å². The lowest BCUT2D eigenvalue weighted by atomic mass is 9.99. The van der Waals surface area contributed by atoms with Gasteiger partial charge in [-0.2, -0.15) is 0 Å². The predicted molar refractivity (Wildman–Crippen MR) is 90.3 cm³/mol. The van der Waals surface area contributed by atoms with E-state index in [0.29, 0.717) is 19.8 Å². The number of hydrogen-bond acceptors (Lipinski definition) is 4. The summed E-state index contributed by atoms with van der Waals surface area (Å²) in [6.45, 7) is 9.64. The minimum absolute atomic E-state index is 0.0268. The van der Waals surface area contributed by atoms with Gasteiger partial charge in [0.05, 0.1) is 19.3 Å². The summed E-state index contributed by atoms with van der Waals surface area (Å²) in [4.78, 5) is 11.9. The molecule has 2 N–H and O–H groups in total. The number of alkyl carbamates (subject to hydrolysis) is 1. The minimum Gasteiger partial charge on any atom is -0.444 e. The molecular weight excluding hydrogens is 292 g/mol. The molecule has 1 amide bonds. The molecule has 0 bridgehead atoms. The van der Waals surface area contributed by atoms with Crippen LogP contribution in [-0.4, -0.2) is 30.9 Å². The molecule has 0 radical (unpaired) electrons. The second kappa shape index (κ2) is 7.79. The number of hydrogen-bond donors (Lipinski definition) is 2. The topological polar surface area (TPSA) is 59.6 Å². The number of nitrogens with one attached hydrogen (secondary N) is 2. The highest BCUT2D eigenvalue weighted by Crippen LogP contribution is 2.24. The molecular formula is C18H28N2O3. The molecule has 128 valence electrons. The van der Waals surface area contributed by atoms with E-state index in [1.807, 2.05) is 26.8 Å². The highest BCUT2D eigenvalue weighted by molar-refractivity contribution is 5.68. The van der Waals surface area contributed by atoms with Crippen LogP contribution in [0.25, 0.3) is 0 Å². The van der Waals surface area contributed by atoms with Crippen LogP contribution in [-0.2, 0) is 16.1 Å². The Bertz CT molecular complexity index is 525. The van der Waals surface area contributed by atoms with Gasteiger partial charge in [0.15, 0.2) is 0 Å². The Morgan fingerprint density at radius 2 is 2.13 bits per heavy atom. The van der Waals surface area contributed by atoms with Crippen LogP contribution in [0.2, 0.25) is 0 Å². The van der Waals surface area contributed by atoms with Gasteiger partial charge >= 0.3 is 6.09 Å². The number of benzene rings is 1. The van der Waals surface area contributed by atoms with E-state index in [1.54, 1.807) is 0 Å². The van der Waals surface area contributed by atoms with Crippen molar-refractivity contribution in [1.82, 2.24) is 10.6 Å². The number of carbonyl (C=O) groups excluding carboxylic acids is 1. The van der Waals surface area contributed by atoms with Gasteiger partial charge in [0.2, 0.25) is 0 Å². The van der Waals surface area contributed by atoms with Crippen LogP contribution in [0.3, 0.4) is 0 Å². The Labute approximate surface area is 138 Å². The van der Waals surface area contributed by atoms with Gasteiger partial charge in [-0.25, -0.2) is 4.79 Å². The molecule has 0 aromatic heterocycles. The van der Waals surface area contributed by atoms with Crippen molar-refractivity contribution < 1.29 is 14.3 Å². The van der Waals surface area contributed by atoms with Gasteiger partial charge in [0.1, 0.15) is 5.60 Å². The fraction of sp³-hybridized carbons (Fsp3) is 0.611. The number of fused-ring (bicyclic) bond motifs is 1. The summed E-state index contributed by atoms with van der Waals surface area (Å²) in [5, 5.41) is 6.42. The zero-order valence-electron chi connectivity index (χ0n) is 14.5. The van der Waals surface area contributed by atoms with Crippen LogP contribution in [0, 0.1) is 0 Å². The van der Waals surface area contributed by atoms with Crippen molar-refractivity contribution in [2.45, 2.75) is 58.4 Å². The molecule has 2 atom stereocenters. The van der Waals surface area contributed by atoms with Crippen molar-refractivity contribution in [2.75, 3.05) is 13.2 Å². The molecule has 0 saturated heterocycles. The molecule has 1 aromatic carbocycles. The van der Waals surface area contributed by atoms with Crippen LogP contribution < -0.4 is 10.6 Å². The summed E-state index contributed by atoms with van der Waals surface area (Å²) in [5.41, 5.74) is 2.03. The quantitative estimate of drug-likeness (QED) is 0.875. The fourth-order valence-corrected chi connectivity index (χ4v) is 2.61. The average Bonchev–Trinajstić information content (AvgIpc) is 2.49. The lowest BCUT2D eigenvalue weighted by Crippen LogP contribution is -2.45. The van der Waals surface area contributed by atoms with E-state index in [0.717, 1.165) is 6.42 Å². The molecule has 0 spiro atoms. The first-order chi connectivity index (χ1) is 10.9. The van der Waals surface area contributed by atoms with E-state index in [2.05, 4.69) is 35.8 Å². The molecule has 2 unspecified atom stereocenters. The monoisotopic (exact) mass is 320 g/mol. The molecule has 1 aromatic rings. The third kappa shape index (κ3) is 5.52. The van der Waals surface area contributed by atoms with E-state index in [4.69, 9.17) is 9.47 Å². The summed E-state index contributed by atoms with van der Waals surface area (Å²) in [7, 11) is 0. The third-order valence-corrected chi connectivity index (χ3v) is 3.80. The molecule has 1 aliphatic rings. The van der Waals surface area contributed by atoms with Crippen molar-refractivity contribution in [3.05, 3.63) is 35.4 Å². The average molecular weight is 320 g/mol. The summed E-state index contributed by atoms with van der Waals surface area (Å²) in [6, 6.07) is 8.50. The Kier molecular flexibility index (Phi) is 6.02. The van der Waals surface area contributed by atoms with Crippen LogP contribution in [0.4, 0.5) is 4.79 Å². The first-order valence-electron chi connectivity index (χ1n) is 8.27. The Balaban J connectivity index is 1.88. The molecule has 1 aliphatic heterocycles. The molecule has 0 saturated carbocycles. The lowest BCUT2D eigenvalue weighted by molar-refractivity contribution is 0.0496. The Hall–Kier alpha value is -1.59. The van der Waals surface area contributed by atoms with Crippen molar-refractivity contribution in [3.8, 4) is 0 Å². The standard InChI is InChI=1S/C18H28N2O3/c1-5-14(20-17(21)23-18(2,3)4)10-19-16-12-22-11-13-8-6-7-9-15(13)16/h6-9,14,16,19H,5,10-12H2,1-4H3,(H,20,21). The van der Waals surface area contributed by atoms with Crippen LogP contribution >= 0.6 is 0 Å². The first-order valence-corrected chi connectivity index (χ1v) is 8.27. The fourth-order valence-electron chi connectivity index (χ4n) is 2.61. The zero-order valence-corrected chi connectivity index (χ0v) is 14.5. The van der Waals surface area contributed by atoms with Crippen molar-refractivity contribution in [2.24, 2.45) is 0 Å². The van der Waals surface area contributed by atoms with Gasteiger partial charge in [0.25, 0.3) is 0 Å². The summed E-state index contributed by atoms with van der Waals surface area (Å²) < 4.78 is 11.0. The largest absolute Gasteiger partial charge is 0.444 e. The second-order valence-corrected chi connectivity index (χ2v) is 6.93. The van der Waals surface area contributed by atoms with Crippen LogP contribution in [0.15, 0.2) is 24.3 Å². The molecule has 23 heavy (non-hydrogen) atoms. The Morgan fingerprint density at radius 3 is 2.83 bits per heavy atom. The molecule has 5 nitrogen and oxygen atoms in total. The molecule has 0 fully saturated rings. The Morgan fingerprint density at radius 1 is 1.39 bits per heavy atom. The maximum atomic E-state index is 11.9. The molecule has 0 aliphatic carbocycles.